The van der Waals surface area contributed by atoms with Gasteiger partial charge in [-0.05, 0) is 46.3 Å². The zero-order valence-corrected chi connectivity index (χ0v) is 13.0. The number of hydrogen-bond acceptors (Lipinski definition) is 2. The number of imidazole rings is 1. The molecule has 0 radical (unpaired) electrons. The Labute approximate surface area is 133 Å². The van der Waals surface area contributed by atoms with E-state index in [2.05, 4.69) is 27.0 Å². The van der Waals surface area contributed by atoms with Crippen LogP contribution in [0.25, 0.3) is 16.7 Å². The summed E-state index contributed by atoms with van der Waals surface area (Å²) < 4.78 is 16.0. The molecule has 0 unspecified atom stereocenters. The van der Waals surface area contributed by atoms with E-state index in [1.165, 1.54) is 6.07 Å². The number of nitrogens with zero attached hydrogens (tertiary/aromatic N) is 3. The third-order valence-corrected chi connectivity index (χ3v) is 3.99. The van der Waals surface area contributed by atoms with Crippen LogP contribution < -0.4 is 0 Å². The van der Waals surface area contributed by atoms with Gasteiger partial charge in [-0.15, -0.1) is 11.6 Å². The minimum atomic E-state index is -0.363. The van der Waals surface area contributed by atoms with Gasteiger partial charge in [0.05, 0.1) is 33.0 Å². The number of fused-ring (bicyclic) bond motifs is 1. The molecule has 21 heavy (non-hydrogen) atoms. The van der Waals surface area contributed by atoms with Crippen LogP contribution in [0, 0.1) is 17.1 Å². The smallest absolute Gasteiger partial charge is 0.139 e. The molecule has 0 amide bonds. The molecule has 6 heteroatoms. The summed E-state index contributed by atoms with van der Waals surface area (Å²) in [6.07, 6.45) is 0. The molecule has 104 valence electrons. The van der Waals surface area contributed by atoms with Gasteiger partial charge in [-0.1, -0.05) is 0 Å². The van der Waals surface area contributed by atoms with Crippen molar-refractivity contribution in [3.05, 3.63) is 58.1 Å². The van der Waals surface area contributed by atoms with Crippen LogP contribution in [0.4, 0.5) is 4.39 Å². The Balaban J connectivity index is 2.28. The Hall–Kier alpha value is -1.90. The molecular weight excluding hydrogens is 357 g/mol. The van der Waals surface area contributed by atoms with Gasteiger partial charge in [-0.2, -0.15) is 5.26 Å². The van der Waals surface area contributed by atoms with Gasteiger partial charge < -0.3 is 0 Å². The Morgan fingerprint density at radius 1 is 1.29 bits per heavy atom. The van der Waals surface area contributed by atoms with Crippen molar-refractivity contribution >= 4 is 38.6 Å². The fourth-order valence-corrected chi connectivity index (χ4v) is 2.70. The maximum atomic E-state index is 13.8. The summed E-state index contributed by atoms with van der Waals surface area (Å²) in [5, 5.41) is 8.85. The molecule has 0 spiro atoms. The SMILES string of the molecule is N#Cc1ccc(-n2c(CCl)nc3cc(Br)c(F)cc32)cc1. The Morgan fingerprint density at radius 3 is 2.62 bits per heavy atom. The largest absolute Gasteiger partial charge is 0.295 e. The Bertz CT molecular complexity index is 865. The summed E-state index contributed by atoms with van der Waals surface area (Å²) in [5.74, 6) is 0.459. The zero-order valence-electron chi connectivity index (χ0n) is 10.6. The third-order valence-electron chi connectivity index (χ3n) is 3.14. The van der Waals surface area contributed by atoms with Gasteiger partial charge in [-0.3, -0.25) is 4.57 Å². The second-order valence-corrected chi connectivity index (χ2v) is 5.53. The van der Waals surface area contributed by atoms with Gasteiger partial charge in [0.25, 0.3) is 0 Å². The van der Waals surface area contributed by atoms with Crippen molar-refractivity contribution in [2.24, 2.45) is 0 Å². The molecule has 0 bridgehead atoms. The quantitative estimate of drug-likeness (QED) is 0.627. The fraction of sp³-hybridized carbons (Fsp3) is 0.0667. The van der Waals surface area contributed by atoms with Crippen LogP contribution in [0.5, 0.6) is 0 Å². The van der Waals surface area contributed by atoms with E-state index >= 15 is 0 Å². The maximum absolute atomic E-state index is 13.8. The lowest BCUT2D eigenvalue weighted by Gasteiger charge is -2.08. The number of hydrogen-bond donors (Lipinski definition) is 0. The number of benzene rings is 2. The molecule has 1 heterocycles. The van der Waals surface area contributed by atoms with Gasteiger partial charge in [0.2, 0.25) is 0 Å². The molecule has 1 aromatic heterocycles. The molecule has 3 nitrogen and oxygen atoms in total. The highest BCUT2D eigenvalue weighted by atomic mass is 79.9. The third kappa shape index (κ3) is 2.41. The molecule has 3 aromatic rings. The molecule has 0 aliphatic heterocycles. The van der Waals surface area contributed by atoms with Crippen molar-refractivity contribution in [1.29, 1.82) is 5.26 Å². The average molecular weight is 365 g/mol. The van der Waals surface area contributed by atoms with E-state index in [1.807, 2.05) is 0 Å². The first-order valence-electron chi connectivity index (χ1n) is 6.07. The molecule has 0 saturated carbocycles. The first kappa shape index (κ1) is 14.1. The molecule has 0 aliphatic carbocycles. The maximum Gasteiger partial charge on any atom is 0.139 e. The predicted octanol–water partition coefficient (Wildman–Crippen LogP) is 4.54. The van der Waals surface area contributed by atoms with E-state index in [-0.39, 0.29) is 11.7 Å². The second kappa shape index (κ2) is 5.47. The van der Waals surface area contributed by atoms with Gasteiger partial charge in [0.15, 0.2) is 0 Å². The minimum absolute atomic E-state index is 0.202. The highest BCUT2D eigenvalue weighted by molar-refractivity contribution is 9.10. The molecule has 0 fully saturated rings. The van der Waals surface area contributed by atoms with Crippen LogP contribution in [-0.4, -0.2) is 9.55 Å². The van der Waals surface area contributed by atoms with Crippen molar-refractivity contribution in [3.63, 3.8) is 0 Å². The van der Waals surface area contributed by atoms with E-state index in [9.17, 15) is 4.39 Å². The lowest BCUT2D eigenvalue weighted by Crippen LogP contribution is -1.99. The first-order chi connectivity index (χ1) is 10.1. The first-order valence-corrected chi connectivity index (χ1v) is 7.39. The highest BCUT2D eigenvalue weighted by Crippen LogP contribution is 2.27. The number of aromatic nitrogens is 2. The lowest BCUT2D eigenvalue weighted by molar-refractivity contribution is 0.622. The van der Waals surface area contributed by atoms with Crippen molar-refractivity contribution in [2.45, 2.75) is 5.88 Å². The fourth-order valence-electron chi connectivity index (χ4n) is 2.19. The van der Waals surface area contributed by atoms with Gasteiger partial charge >= 0.3 is 0 Å². The van der Waals surface area contributed by atoms with Crippen LogP contribution in [0.1, 0.15) is 11.4 Å². The van der Waals surface area contributed by atoms with Crippen molar-refractivity contribution < 1.29 is 4.39 Å². The summed E-state index contributed by atoms with van der Waals surface area (Å²) >= 11 is 9.10. The van der Waals surface area contributed by atoms with E-state index in [0.717, 1.165) is 5.69 Å². The molecule has 0 N–H and O–H groups in total. The van der Waals surface area contributed by atoms with E-state index in [0.29, 0.717) is 26.9 Å². The van der Waals surface area contributed by atoms with Gasteiger partial charge in [0, 0.05) is 11.8 Å². The second-order valence-electron chi connectivity index (χ2n) is 4.41. The molecule has 0 aliphatic rings. The average Bonchev–Trinajstić information content (AvgIpc) is 2.85. The normalized spacial score (nSPS) is 10.8. The summed E-state index contributed by atoms with van der Waals surface area (Å²) in [6, 6.07) is 12.1. The van der Waals surface area contributed by atoms with Crippen molar-refractivity contribution in [2.75, 3.05) is 0 Å². The molecule has 3 rings (SSSR count). The monoisotopic (exact) mass is 363 g/mol. The summed E-state index contributed by atoms with van der Waals surface area (Å²) in [4.78, 5) is 4.42. The molecule has 2 aromatic carbocycles. The van der Waals surface area contributed by atoms with Crippen LogP contribution in [0.2, 0.25) is 0 Å². The molecule has 0 saturated heterocycles. The van der Waals surface area contributed by atoms with Gasteiger partial charge in [0.1, 0.15) is 11.6 Å². The van der Waals surface area contributed by atoms with Gasteiger partial charge in [-0.25, -0.2) is 9.37 Å². The van der Waals surface area contributed by atoms with E-state index in [4.69, 9.17) is 16.9 Å². The van der Waals surface area contributed by atoms with Crippen molar-refractivity contribution in [1.82, 2.24) is 9.55 Å². The summed E-state index contributed by atoms with van der Waals surface area (Å²) in [5.41, 5.74) is 2.64. The zero-order chi connectivity index (χ0) is 15.0. The standard InChI is InChI=1S/C15H8BrClFN3/c16-11-5-13-14(6-12(11)18)21(15(7-17)20-13)10-3-1-9(8-19)2-4-10/h1-6H,7H2. The summed E-state index contributed by atoms with van der Waals surface area (Å²) in [6.45, 7) is 0. The number of rotatable bonds is 2. The van der Waals surface area contributed by atoms with Crippen LogP contribution >= 0.6 is 27.5 Å². The highest BCUT2D eigenvalue weighted by Gasteiger charge is 2.14. The van der Waals surface area contributed by atoms with Crippen molar-refractivity contribution in [3.8, 4) is 11.8 Å². The molecule has 0 atom stereocenters. The topological polar surface area (TPSA) is 41.6 Å². The predicted molar refractivity (Wildman–Crippen MR) is 83.0 cm³/mol. The number of halogens is 3. The van der Waals surface area contributed by atoms with E-state index in [1.54, 1.807) is 34.9 Å². The summed E-state index contributed by atoms with van der Waals surface area (Å²) in [7, 11) is 0. The van der Waals surface area contributed by atoms with Crippen LogP contribution in [0.15, 0.2) is 40.9 Å². The Kier molecular flexibility index (Phi) is 3.66. The molecular formula is C15H8BrClFN3. The van der Waals surface area contributed by atoms with E-state index < -0.39 is 0 Å². The Morgan fingerprint density at radius 2 is 2.00 bits per heavy atom. The number of nitriles is 1. The lowest BCUT2D eigenvalue weighted by atomic mass is 10.2. The van der Waals surface area contributed by atoms with Crippen LogP contribution in [-0.2, 0) is 5.88 Å². The van der Waals surface area contributed by atoms with Crippen LogP contribution in [0.3, 0.4) is 0 Å². The minimum Gasteiger partial charge on any atom is -0.295 e. The number of alkyl halides is 1.